The molecule has 0 aliphatic rings. The molecule has 17 heavy (non-hydrogen) atoms. The third kappa shape index (κ3) is 2.69. The van der Waals surface area contributed by atoms with E-state index in [9.17, 15) is 4.21 Å². The molecule has 1 aromatic heterocycles. The Hall–Kier alpha value is -0.870. The summed E-state index contributed by atoms with van der Waals surface area (Å²) in [4.78, 5) is 4.48. The van der Waals surface area contributed by atoms with Crippen LogP contribution in [0.5, 0.6) is 0 Å². The Morgan fingerprint density at radius 1 is 1.47 bits per heavy atom. The fourth-order valence-electron chi connectivity index (χ4n) is 1.85. The van der Waals surface area contributed by atoms with E-state index >= 15 is 0 Å². The zero-order valence-corrected chi connectivity index (χ0v) is 11.5. The lowest BCUT2D eigenvalue weighted by atomic mass is 10.2. The summed E-state index contributed by atoms with van der Waals surface area (Å²) in [7, 11) is -0.800. The van der Waals surface area contributed by atoms with Gasteiger partial charge in [-0.15, -0.1) is 11.6 Å². The summed E-state index contributed by atoms with van der Waals surface area (Å²) in [6.07, 6.45) is 1.71. The molecule has 0 amide bonds. The van der Waals surface area contributed by atoms with E-state index in [0.29, 0.717) is 18.2 Å². The minimum atomic E-state index is -0.800. The van der Waals surface area contributed by atoms with Crippen LogP contribution in [-0.4, -0.2) is 25.8 Å². The largest absolute Gasteiger partial charge is 0.326 e. The monoisotopic (exact) mass is 270 g/mol. The SMILES string of the molecule is Cc1ccc2nc(CCl)n(CCS(C)=O)c2c1. The molecule has 1 aromatic carbocycles. The molecule has 0 bridgehead atoms. The molecule has 2 aromatic rings. The van der Waals surface area contributed by atoms with E-state index in [4.69, 9.17) is 11.6 Å². The summed E-state index contributed by atoms with van der Waals surface area (Å²) in [5, 5.41) is 0. The summed E-state index contributed by atoms with van der Waals surface area (Å²) in [6, 6.07) is 6.13. The molecule has 0 spiro atoms. The topological polar surface area (TPSA) is 34.9 Å². The van der Waals surface area contributed by atoms with Crippen LogP contribution in [0.3, 0.4) is 0 Å². The van der Waals surface area contributed by atoms with Crippen LogP contribution in [0.4, 0.5) is 0 Å². The Bertz CT molecular complexity index is 565. The zero-order chi connectivity index (χ0) is 12.4. The number of nitrogens with zero attached hydrogens (tertiary/aromatic N) is 2. The van der Waals surface area contributed by atoms with Crippen LogP contribution in [0, 0.1) is 6.92 Å². The van der Waals surface area contributed by atoms with Gasteiger partial charge in [0, 0.05) is 29.4 Å². The summed E-state index contributed by atoms with van der Waals surface area (Å²) in [5.41, 5.74) is 3.22. The van der Waals surface area contributed by atoms with Crippen molar-refractivity contribution in [3.05, 3.63) is 29.6 Å². The second kappa shape index (κ2) is 5.19. The van der Waals surface area contributed by atoms with E-state index in [2.05, 4.69) is 22.5 Å². The number of aromatic nitrogens is 2. The Kier molecular flexibility index (Phi) is 3.84. The third-order valence-electron chi connectivity index (χ3n) is 2.70. The highest BCUT2D eigenvalue weighted by Gasteiger charge is 2.10. The molecule has 0 aliphatic heterocycles. The first kappa shape index (κ1) is 12.6. The van der Waals surface area contributed by atoms with Crippen molar-refractivity contribution in [2.45, 2.75) is 19.3 Å². The van der Waals surface area contributed by atoms with Crippen molar-refractivity contribution in [1.29, 1.82) is 0 Å². The number of halogens is 1. The Morgan fingerprint density at radius 2 is 2.24 bits per heavy atom. The second-order valence-corrected chi connectivity index (χ2v) is 5.90. The molecule has 0 saturated heterocycles. The Labute approximate surface area is 108 Å². The molecule has 2 rings (SSSR count). The first-order valence-corrected chi connectivity index (χ1v) is 7.69. The van der Waals surface area contributed by atoms with E-state index < -0.39 is 10.8 Å². The van der Waals surface area contributed by atoms with E-state index in [0.717, 1.165) is 16.9 Å². The molecule has 0 N–H and O–H groups in total. The van der Waals surface area contributed by atoms with Crippen molar-refractivity contribution in [3.8, 4) is 0 Å². The maximum Gasteiger partial charge on any atom is 0.124 e. The lowest BCUT2D eigenvalue weighted by molar-refractivity contribution is 0.676. The predicted molar refractivity (Wildman–Crippen MR) is 73.0 cm³/mol. The van der Waals surface area contributed by atoms with Gasteiger partial charge in [-0.1, -0.05) is 6.07 Å². The van der Waals surface area contributed by atoms with Gasteiger partial charge in [0.25, 0.3) is 0 Å². The minimum absolute atomic E-state index is 0.379. The number of rotatable bonds is 4. The molecule has 0 saturated carbocycles. The van der Waals surface area contributed by atoms with Crippen LogP contribution in [-0.2, 0) is 23.2 Å². The molecule has 1 atom stereocenters. The molecule has 0 fully saturated rings. The highest BCUT2D eigenvalue weighted by atomic mass is 35.5. The lowest BCUT2D eigenvalue weighted by Gasteiger charge is -2.06. The highest BCUT2D eigenvalue weighted by molar-refractivity contribution is 7.84. The van der Waals surface area contributed by atoms with Crippen molar-refractivity contribution in [2.75, 3.05) is 12.0 Å². The number of alkyl halides is 1. The third-order valence-corrected chi connectivity index (χ3v) is 3.70. The number of hydrogen-bond donors (Lipinski definition) is 0. The van der Waals surface area contributed by atoms with Crippen LogP contribution in [0.2, 0.25) is 0 Å². The minimum Gasteiger partial charge on any atom is -0.326 e. The number of fused-ring (bicyclic) bond motifs is 1. The van der Waals surface area contributed by atoms with Crippen molar-refractivity contribution < 1.29 is 4.21 Å². The van der Waals surface area contributed by atoms with E-state index in [1.807, 2.05) is 12.1 Å². The number of aryl methyl sites for hydroxylation is 2. The van der Waals surface area contributed by atoms with Gasteiger partial charge in [0.2, 0.25) is 0 Å². The van der Waals surface area contributed by atoms with E-state index in [1.54, 1.807) is 6.26 Å². The molecule has 5 heteroatoms. The van der Waals surface area contributed by atoms with Crippen LogP contribution in [0.25, 0.3) is 11.0 Å². The smallest absolute Gasteiger partial charge is 0.124 e. The van der Waals surface area contributed by atoms with Crippen molar-refractivity contribution >= 4 is 33.4 Å². The van der Waals surface area contributed by atoms with Crippen LogP contribution in [0.15, 0.2) is 18.2 Å². The molecule has 1 heterocycles. The normalized spacial score (nSPS) is 13.1. The fraction of sp³-hybridized carbons (Fsp3) is 0.417. The van der Waals surface area contributed by atoms with Crippen LogP contribution >= 0.6 is 11.6 Å². The summed E-state index contributed by atoms with van der Waals surface area (Å²) < 4.78 is 13.3. The van der Waals surface area contributed by atoms with Gasteiger partial charge in [-0.2, -0.15) is 0 Å². The van der Waals surface area contributed by atoms with Crippen LogP contribution < -0.4 is 0 Å². The van der Waals surface area contributed by atoms with Gasteiger partial charge < -0.3 is 4.57 Å². The summed E-state index contributed by atoms with van der Waals surface area (Å²) >= 11 is 5.90. The first-order valence-electron chi connectivity index (χ1n) is 5.43. The average molecular weight is 271 g/mol. The average Bonchev–Trinajstić information content (AvgIpc) is 2.63. The van der Waals surface area contributed by atoms with Gasteiger partial charge in [-0.25, -0.2) is 4.98 Å². The zero-order valence-electron chi connectivity index (χ0n) is 9.94. The van der Waals surface area contributed by atoms with Gasteiger partial charge in [0.1, 0.15) is 5.82 Å². The van der Waals surface area contributed by atoms with E-state index in [-0.39, 0.29) is 0 Å². The lowest BCUT2D eigenvalue weighted by Crippen LogP contribution is -2.09. The van der Waals surface area contributed by atoms with Crippen molar-refractivity contribution in [2.24, 2.45) is 0 Å². The highest BCUT2D eigenvalue weighted by Crippen LogP contribution is 2.19. The summed E-state index contributed by atoms with van der Waals surface area (Å²) in [5.74, 6) is 1.85. The number of benzene rings is 1. The van der Waals surface area contributed by atoms with Gasteiger partial charge in [-0.05, 0) is 24.6 Å². The fourth-order valence-corrected chi connectivity index (χ4v) is 2.50. The number of imidazole rings is 1. The summed E-state index contributed by atoms with van der Waals surface area (Å²) in [6.45, 7) is 2.75. The van der Waals surface area contributed by atoms with Gasteiger partial charge in [-0.3, -0.25) is 4.21 Å². The quantitative estimate of drug-likeness (QED) is 0.800. The molecule has 92 valence electrons. The molecule has 1 unspecified atom stereocenters. The van der Waals surface area contributed by atoms with Gasteiger partial charge in [0.15, 0.2) is 0 Å². The Morgan fingerprint density at radius 3 is 2.88 bits per heavy atom. The maximum absolute atomic E-state index is 11.2. The molecule has 0 radical (unpaired) electrons. The standard InChI is InChI=1S/C12H15ClN2OS/c1-9-3-4-10-11(7-9)15(5-6-17(2)16)12(8-13)14-10/h3-4,7H,5-6,8H2,1-2H3. The second-order valence-electron chi connectivity index (χ2n) is 4.08. The maximum atomic E-state index is 11.2. The predicted octanol–water partition coefficient (Wildman–Crippen LogP) is 2.46. The van der Waals surface area contributed by atoms with Crippen molar-refractivity contribution in [3.63, 3.8) is 0 Å². The molecule has 3 nitrogen and oxygen atoms in total. The Balaban J connectivity index is 2.48. The van der Waals surface area contributed by atoms with Gasteiger partial charge in [0.05, 0.1) is 16.9 Å². The molecular formula is C12H15ClN2OS. The van der Waals surface area contributed by atoms with E-state index in [1.165, 1.54) is 5.56 Å². The number of hydrogen-bond acceptors (Lipinski definition) is 2. The first-order chi connectivity index (χ1) is 8.11. The molecule has 0 aliphatic carbocycles. The molecular weight excluding hydrogens is 256 g/mol. The van der Waals surface area contributed by atoms with Gasteiger partial charge >= 0.3 is 0 Å². The van der Waals surface area contributed by atoms with Crippen molar-refractivity contribution in [1.82, 2.24) is 9.55 Å². The van der Waals surface area contributed by atoms with Crippen LogP contribution in [0.1, 0.15) is 11.4 Å².